The summed E-state index contributed by atoms with van der Waals surface area (Å²) in [5, 5.41) is 12.6. The van der Waals surface area contributed by atoms with E-state index in [-0.39, 0.29) is 12.5 Å². The first-order valence-corrected chi connectivity index (χ1v) is 7.26. The largest absolute Gasteiger partial charge is 0.394 e. The van der Waals surface area contributed by atoms with E-state index in [0.717, 1.165) is 11.1 Å². The number of halogens is 1. The van der Waals surface area contributed by atoms with E-state index in [9.17, 15) is 9.90 Å². The maximum absolute atomic E-state index is 12.3. The highest BCUT2D eigenvalue weighted by Crippen LogP contribution is 2.20. The van der Waals surface area contributed by atoms with Gasteiger partial charge in [0.05, 0.1) is 12.1 Å². The molecule has 0 spiro atoms. The van der Waals surface area contributed by atoms with Crippen molar-refractivity contribution in [2.24, 2.45) is 0 Å². The summed E-state index contributed by atoms with van der Waals surface area (Å²) in [6, 6.07) is 16.5. The Morgan fingerprint density at radius 2 is 1.76 bits per heavy atom. The first-order chi connectivity index (χ1) is 10.1. The fourth-order valence-electron chi connectivity index (χ4n) is 2.08. The molecule has 1 atom stereocenters. The van der Waals surface area contributed by atoms with Gasteiger partial charge in [0, 0.05) is 11.4 Å². The molecule has 110 valence electrons. The van der Waals surface area contributed by atoms with Crippen molar-refractivity contribution in [1.29, 1.82) is 0 Å². The van der Waals surface area contributed by atoms with Crippen LogP contribution in [-0.2, 0) is 11.4 Å². The number of aliphatic hydroxyl groups excluding tert-OH is 1. The minimum absolute atomic E-state index is 0.178. The first kappa shape index (κ1) is 15.5. The van der Waals surface area contributed by atoms with Crippen molar-refractivity contribution in [3.63, 3.8) is 0 Å². The Hall–Kier alpha value is -1.84. The average molecular weight is 304 g/mol. The molecule has 4 heteroatoms. The van der Waals surface area contributed by atoms with Crippen LogP contribution in [0.3, 0.4) is 0 Å². The highest BCUT2D eigenvalue weighted by Gasteiger charge is 2.28. The van der Waals surface area contributed by atoms with Crippen molar-refractivity contribution in [2.75, 3.05) is 6.61 Å². The van der Waals surface area contributed by atoms with E-state index in [1.54, 1.807) is 19.1 Å². The van der Waals surface area contributed by atoms with Crippen molar-refractivity contribution in [1.82, 2.24) is 5.32 Å². The van der Waals surface area contributed by atoms with E-state index in [0.29, 0.717) is 11.4 Å². The summed E-state index contributed by atoms with van der Waals surface area (Å²) in [6.45, 7) is 1.62. The van der Waals surface area contributed by atoms with E-state index >= 15 is 0 Å². The van der Waals surface area contributed by atoms with Gasteiger partial charge in [0.1, 0.15) is 0 Å². The average Bonchev–Trinajstić information content (AvgIpc) is 2.55. The Kier molecular flexibility index (Phi) is 4.99. The van der Waals surface area contributed by atoms with Gasteiger partial charge in [-0.05, 0) is 30.2 Å². The summed E-state index contributed by atoms with van der Waals surface area (Å²) in [4.78, 5) is 12.3. The van der Waals surface area contributed by atoms with E-state index < -0.39 is 5.54 Å². The maximum Gasteiger partial charge on any atom is 0.252 e. The number of benzene rings is 2. The number of alkyl halides is 1. The summed E-state index contributed by atoms with van der Waals surface area (Å²) in [5.74, 6) is 0.191. The molecule has 0 saturated carbocycles. The molecule has 0 saturated heterocycles. The first-order valence-electron chi connectivity index (χ1n) is 6.73. The number of nitrogens with one attached hydrogen (secondary N) is 1. The normalized spacial score (nSPS) is 13.5. The SMILES string of the molecule is CC(CO)(NC(=O)c1ccc(CCl)cc1)c1ccccc1. The highest BCUT2D eigenvalue weighted by molar-refractivity contribution is 6.17. The van der Waals surface area contributed by atoms with Crippen LogP contribution in [0.15, 0.2) is 54.6 Å². The molecule has 21 heavy (non-hydrogen) atoms. The standard InChI is InChI=1S/C17H18ClNO2/c1-17(12-20,15-5-3-2-4-6-15)19-16(21)14-9-7-13(11-18)8-10-14/h2-10,20H,11-12H2,1H3,(H,19,21). The third kappa shape index (κ3) is 3.63. The van der Waals surface area contributed by atoms with Crippen LogP contribution in [0.2, 0.25) is 0 Å². The topological polar surface area (TPSA) is 49.3 Å². The van der Waals surface area contributed by atoms with Gasteiger partial charge in [-0.1, -0.05) is 42.5 Å². The molecule has 1 unspecified atom stereocenters. The summed E-state index contributed by atoms with van der Waals surface area (Å²) >= 11 is 5.73. The van der Waals surface area contributed by atoms with Gasteiger partial charge in [0.25, 0.3) is 5.91 Å². The van der Waals surface area contributed by atoms with Gasteiger partial charge >= 0.3 is 0 Å². The number of hydrogen-bond acceptors (Lipinski definition) is 2. The van der Waals surface area contributed by atoms with E-state index in [1.165, 1.54) is 0 Å². The Bertz CT molecular complexity index is 598. The second kappa shape index (κ2) is 6.74. The molecule has 3 nitrogen and oxygen atoms in total. The molecule has 0 aliphatic carbocycles. The zero-order valence-electron chi connectivity index (χ0n) is 11.8. The summed E-state index contributed by atoms with van der Waals surface area (Å²) < 4.78 is 0. The summed E-state index contributed by atoms with van der Waals surface area (Å²) in [7, 11) is 0. The molecule has 2 rings (SSSR count). The van der Waals surface area contributed by atoms with Gasteiger partial charge in [-0.25, -0.2) is 0 Å². The van der Waals surface area contributed by atoms with Gasteiger partial charge in [-0.3, -0.25) is 4.79 Å². The Morgan fingerprint density at radius 1 is 1.14 bits per heavy atom. The monoisotopic (exact) mass is 303 g/mol. The molecular formula is C17H18ClNO2. The van der Waals surface area contributed by atoms with Crippen LogP contribution in [0, 0.1) is 0 Å². The fraction of sp³-hybridized carbons (Fsp3) is 0.235. The minimum atomic E-state index is -0.816. The van der Waals surface area contributed by atoms with Crippen molar-refractivity contribution >= 4 is 17.5 Å². The lowest BCUT2D eigenvalue weighted by Gasteiger charge is -2.29. The van der Waals surface area contributed by atoms with Gasteiger partial charge in [0.2, 0.25) is 0 Å². The molecule has 2 N–H and O–H groups in total. The van der Waals surface area contributed by atoms with Crippen LogP contribution < -0.4 is 5.32 Å². The summed E-state index contributed by atoms with van der Waals surface area (Å²) in [6.07, 6.45) is 0. The predicted molar refractivity (Wildman–Crippen MR) is 84.3 cm³/mol. The van der Waals surface area contributed by atoms with Crippen LogP contribution in [-0.4, -0.2) is 17.6 Å². The number of carbonyl (C=O) groups excluding carboxylic acids is 1. The minimum Gasteiger partial charge on any atom is -0.394 e. The Labute approximate surface area is 129 Å². The van der Waals surface area contributed by atoms with Crippen LogP contribution in [0.1, 0.15) is 28.4 Å². The van der Waals surface area contributed by atoms with E-state index in [1.807, 2.05) is 42.5 Å². The van der Waals surface area contributed by atoms with E-state index in [4.69, 9.17) is 11.6 Å². The number of hydrogen-bond donors (Lipinski definition) is 2. The predicted octanol–water partition coefficient (Wildman–Crippen LogP) is 3.06. The van der Waals surface area contributed by atoms with Crippen LogP contribution in [0.5, 0.6) is 0 Å². The van der Waals surface area contributed by atoms with Crippen LogP contribution in [0.25, 0.3) is 0 Å². The molecule has 0 aliphatic rings. The van der Waals surface area contributed by atoms with Crippen molar-refractivity contribution in [2.45, 2.75) is 18.3 Å². The second-order valence-corrected chi connectivity index (χ2v) is 5.41. The lowest BCUT2D eigenvalue weighted by atomic mass is 9.92. The second-order valence-electron chi connectivity index (χ2n) is 5.14. The molecular weight excluding hydrogens is 286 g/mol. The highest BCUT2D eigenvalue weighted by atomic mass is 35.5. The zero-order valence-corrected chi connectivity index (χ0v) is 12.6. The fourth-order valence-corrected chi connectivity index (χ4v) is 2.26. The maximum atomic E-state index is 12.3. The van der Waals surface area contributed by atoms with Crippen LogP contribution in [0.4, 0.5) is 0 Å². The van der Waals surface area contributed by atoms with Crippen molar-refractivity contribution in [3.8, 4) is 0 Å². The van der Waals surface area contributed by atoms with Crippen molar-refractivity contribution < 1.29 is 9.90 Å². The molecule has 0 heterocycles. The van der Waals surface area contributed by atoms with Gasteiger partial charge in [-0.15, -0.1) is 11.6 Å². The van der Waals surface area contributed by atoms with Gasteiger partial charge in [0.15, 0.2) is 0 Å². The number of rotatable bonds is 5. The quantitative estimate of drug-likeness (QED) is 0.834. The molecule has 0 aromatic heterocycles. The third-order valence-electron chi connectivity index (χ3n) is 3.49. The van der Waals surface area contributed by atoms with Gasteiger partial charge in [-0.2, -0.15) is 0 Å². The van der Waals surface area contributed by atoms with E-state index in [2.05, 4.69) is 5.32 Å². The van der Waals surface area contributed by atoms with Gasteiger partial charge < -0.3 is 10.4 Å². The zero-order chi connectivity index (χ0) is 15.3. The number of aliphatic hydroxyl groups is 1. The molecule has 0 radical (unpaired) electrons. The Morgan fingerprint density at radius 3 is 2.29 bits per heavy atom. The molecule has 2 aromatic carbocycles. The third-order valence-corrected chi connectivity index (χ3v) is 3.80. The molecule has 1 amide bonds. The smallest absolute Gasteiger partial charge is 0.252 e. The summed E-state index contributed by atoms with van der Waals surface area (Å²) in [5.41, 5.74) is 1.54. The number of amides is 1. The number of carbonyl (C=O) groups is 1. The lowest BCUT2D eigenvalue weighted by Crippen LogP contribution is -2.46. The molecule has 0 fully saturated rings. The lowest BCUT2D eigenvalue weighted by molar-refractivity contribution is 0.0849. The van der Waals surface area contributed by atoms with Crippen LogP contribution >= 0.6 is 11.6 Å². The molecule has 2 aromatic rings. The Balaban J connectivity index is 2.19. The van der Waals surface area contributed by atoms with Crippen molar-refractivity contribution in [3.05, 3.63) is 71.3 Å². The molecule has 0 bridgehead atoms. The molecule has 0 aliphatic heterocycles.